The first-order valence-electron chi connectivity index (χ1n) is 14.2. The maximum absolute atomic E-state index is 13.6. The molecule has 2 heterocycles. The van der Waals surface area contributed by atoms with Crippen molar-refractivity contribution in [2.24, 2.45) is 0 Å². The first-order chi connectivity index (χ1) is 18.8. The molecule has 39 heavy (non-hydrogen) atoms. The van der Waals surface area contributed by atoms with Crippen molar-refractivity contribution < 1.29 is 9.59 Å². The molecule has 3 amide bonds. The lowest BCUT2D eigenvalue weighted by atomic mass is 9.71. The van der Waals surface area contributed by atoms with Gasteiger partial charge in [-0.25, -0.2) is 9.78 Å². The summed E-state index contributed by atoms with van der Waals surface area (Å²) in [7, 11) is 0. The fourth-order valence-electron chi connectivity index (χ4n) is 5.63. The molecule has 4 N–H and O–H groups in total. The number of amides is 3. The minimum absolute atomic E-state index is 0.198. The Morgan fingerprint density at radius 2 is 1.67 bits per heavy atom. The topological polar surface area (TPSA) is 112 Å². The highest BCUT2D eigenvalue weighted by atomic mass is 16.2. The van der Waals surface area contributed by atoms with Gasteiger partial charge in [-0.1, -0.05) is 71.2 Å². The van der Waals surface area contributed by atoms with Gasteiger partial charge in [-0.3, -0.25) is 9.78 Å². The third kappa shape index (κ3) is 7.05. The van der Waals surface area contributed by atoms with Crippen molar-refractivity contribution in [3.05, 3.63) is 77.6 Å². The lowest BCUT2D eigenvalue weighted by molar-refractivity contribution is -0.123. The zero-order valence-corrected chi connectivity index (χ0v) is 23.6. The van der Waals surface area contributed by atoms with E-state index in [2.05, 4.69) is 64.7 Å². The number of anilines is 1. The van der Waals surface area contributed by atoms with E-state index in [1.807, 2.05) is 36.5 Å². The lowest BCUT2D eigenvalue weighted by Crippen LogP contribution is -2.52. The molecule has 1 fully saturated rings. The fourth-order valence-corrected chi connectivity index (χ4v) is 5.63. The van der Waals surface area contributed by atoms with Crippen molar-refractivity contribution in [2.75, 3.05) is 11.9 Å². The van der Waals surface area contributed by atoms with Gasteiger partial charge in [0.15, 0.2) is 0 Å². The van der Waals surface area contributed by atoms with Gasteiger partial charge >= 0.3 is 6.03 Å². The number of carbonyl (C=O) groups is 2. The van der Waals surface area contributed by atoms with Crippen molar-refractivity contribution in [3.63, 3.8) is 0 Å². The number of carbonyl (C=O) groups excluding carboxylic acids is 2. The van der Waals surface area contributed by atoms with Crippen LogP contribution in [0.15, 0.2) is 55.1 Å². The summed E-state index contributed by atoms with van der Waals surface area (Å²) >= 11 is 0. The van der Waals surface area contributed by atoms with E-state index in [1.165, 1.54) is 6.42 Å². The van der Waals surface area contributed by atoms with Crippen LogP contribution in [0.25, 0.3) is 0 Å². The molecule has 8 heteroatoms. The Morgan fingerprint density at radius 3 is 2.26 bits per heavy atom. The van der Waals surface area contributed by atoms with Crippen LogP contribution in [0.4, 0.5) is 10.5 Å². The zero-order chi connectivity index (χ0) is 27.8. The first-order valence-corrected chi connectivity index (χ1v) is 14.2. The molecule has 1 saturated carbocycles. The van der Waals surface area contributed by atoms with Gasteiger partial charge in [0.05, 0.1) is 12.0 Å². The fraction of sp³-hybridized carbons (Fsp3) is 0.484. The smallest absolute Gasteiger partial charge is 0.319 e. The maximum atomic E-state index is 13.6. The van der Waals surface area contributed by atoms with E-state index in [0.717, 1.165) is 48.2 Å². The number of H-pyrrole nitrogens is 1. The Bertz CT molecular complexity index is 1190. The largest absolute Gasteiger partial charge is 0.353 e. The Labute approximate surface area is 231 Å². The predicted molar refractivity (Wildman–Crippen MR) is 155 cm³/mol. The predicted octanol–water partition coefficient (Wildman–Crippen LogP) is 5.80. The van der Waals surface area contributed by atoms with Crippen LogP contribution in [-0.4, -0.2) is 39.5 Å². The van der Waals surface area contributed by atoms with Crippen molar-refractivity contribution in [1.29, 1.82) is 0 Å². The summed E-state index contributed by atoms with van der Waals surface area (Å²) in [5.74, 6) is 0.246. The van der Waals surface area contributed by atoms with Crippen LogP contribution in [0.1, 0.15) is 94.1 Å². The number of benzene rings is 1. The van der Waals surface area contributed by atoms with E-state index >= 15 is 0 Å². The highest BCUT2D eigenvalue weighted by molar-refractivity contribution is 5.95. The van der Waals surface area contributed by atoms with Crippen molar-refractivity contribution in [3.8, 4) is 0 Å². The summed E-state index contributed by atoms with van der Waals surface area (Å²) in [6.07, 6.45) is 10.8. The number of nitrogens with zero attached hydrogens (tertiary/aromatic N) is 2. The molecule has 1 aliphatic rings. The first kappa shape index (κ1) is 28.3. The number of pyridine rings is 1. The zero-order valence-electron chi connectivity index (χ0n) is 23.6. The third-order valence-corrected chi connectivity index (χ3v) is 7.82. The molecule has 4 rings (SSSR count). The van der Waals surface area contributed by atoms with Crippen LogP contribution in [-0.2, 0) is 16.6 Å². The molecule has 3 aromatic rings. The molecule has 2 aromatic heterocycles. The summed E-state index contributed by atoms with van der Waals surface area (Å²) in [5.41, 5.74) is 4.48. The monoisotopic (exact) mass is 530 g/mol. The van der Waals surface area contributed by atoms with E-state index in [4.69, 9.17) is 0 Å². The van der Waals surface area contributed by atoms with Crippen LogP contribution < -0.4 is 16.0 Å². The Morgan fingerprint density at radius 1 is 0.949 bits per heavy atom. The number of hydrogen-bond acceptors (Lipinski definition) is 4. The number of aromatic nitrogens is 3. The van der Waals surface area contributed by atoms with Crippen molar-refractivity contribution in [1.82, 2.24) is 25.6 Å². The minimum atomic E-state index is -0.786. The number of rotatable bonds is 10. The molecule has 0 saturated heterocycles. The number of urea groups is 1. The Balaban J connectivity index is 1.52. The lowest BCUT2D eigenvalue weighted by Gasteiger charge is -2.37. The van der Waals surface area contributed by atoms with Gasteiger partial charge in [0.25, 0.3) is 0 Å². The van der Waals surface area contributed by atoms with Crippen LogP contribution in [0.3, 0.4) is 0 Å². The normalized spacial score (nSPS) is 15.6. The summed E-state index contributed by atoms with van der Waals surface area (Å²) in [6, 6.07) is 10.9. The molecule has 1 aromatic carbocycles. The van der Waals surface area contributed by atoms with E-state index in [-0.39, 0.29) is 29.6 Å². The van der Waals surface area contributed by atoms with E-state index < -0.39 is 12.1 Å². The van der Waals surface area contributed by atoms with Gasteiger partial charge in [0, 0.05) is 42.2 Å². The van der Waals surface area contributed by atoms with Gasteiger partial charge in [-0.05, 0) is 47.9 Å². The number of aromatic amines is 1. The van der Waals surface area contributed by atoms with Gasteiger partial charge in [-0.2, -0.15) is 0 Å². The summed E-state index contributed by atoms with van der Waals surface area (Å²) < 4.78 is 0. The van der Waals surface area contributed by atoms with Crippen LogP contribution in [0.5, 0.6) is 0 Å². The average Bonchev–Trinajstić information content (AvgIpc) is 3.45. The molecule has 1 atom stereocenters. The number of imidazole rings is 1. The minimum Gasteiger partial charge on any atom is -0.353 e. The molecular weight excluding hydrogens is 488 g/mol. The summed E-state index contributed by atoms with van der Waals surface area (Å²) in [6.45, 7) is 8.92. The molecule has 0 radical (unpaired) electrons. The molecule has 1 unspecified atom stereocenters. The van der Waals surface area contributed by atoms with E-state index in [1.54, 1.807) is 12.5 Å². The number of nitrogens with one attached hydrogen (secondary N) is 4. The summed E-state index contributed by atoms with van der Waals surface area (Å²) in [4.78, 5) is 38.9. The highest BCUT2D eigenvalue weighted by Gasteiger charge is 2.36. The molecule has 1 aliphatic carbocycles. The average molecular weight is 531 g/mol. The summed E-state index contributed by atoms with van der Waals surface area (Å²) in [5, 5.41) is 9.19. The van der Waals surface area contributed by atoms with Gasteiger partial charge in [-0.15, -0.1) is 0 Å². The second-order valence-electron chi connectivity index (χ2n) is 11.3. The van der Waals surface area contributed by atoms with Gasteiger partial charge in [0.1, 0.15) is 6.04 Å². The van der Waals surface area contributed by atoms with Crippen LogP contribution in [0, 0.1) is 0 Å². The van der Waals surface area contributed by atoms with Gasteiger partial charge in [0.2, 0.25) is 5.91 Å². The quantitative estimate of drug-likeness (QED) is 0.265. The van der Waals surface area contributed by atoms with Crippen LogP contribution >= 0.6 is 0 Å². The maximum Gasteiger partial charge on any atom is 0.319 e. The standard InChI is InChI=1S/C31H42N6O2/c1-21(2)24-11-10-12-25(22(3)4)28(24)37-30(39)36-26(17-23-18-32-20-35-23)29(38)34-19-31(14-7-5-8-15-31)27-13-6-9-16-33-27/h6,9-13,16,18,20-22,26H,5,7-8,14-15,17,19H2,1-4H3,(H,32,35)(H,34,38)(H2,36,37,39). The number of hydrogen-bond donors (Lipinski definition) is 4. The Hall–Kier alpha value is -3.68. The molecule has 0 bridgehead atoms. The molecular formula is C31H42N6O2. The molecule has 0 spiro atoms. The second kappa shape index (κ2) is 12.9. The van der Waals surface area contributed by atoms with E-state index in [9.17, 15) is 9.59 Å². The highest BCUT2D eigenvalue weighted by Crippen LogP contribution is 2.38. The molecule has 208 valence electrons. The Kier molecular flexibility index (Phi) is 9.38. The van der Waals surface area contributed by atoms with Crippen molar-refractivity contribution in [2.45, 2.75) is 89.5 Å². The third-order valence-electron chi connectivity index (χ3n) is 7.82. The molecule has 0 aliphatic heterocycles. The molecule has 8 nitrogen and oxygen atoms in total. The SMILES string of the molecule is CC(C)c1cccc(C(C)C)c1NC(=O)NC(Cc1c[nH]cn1)C(=O)NCC1(c2ccccn2)CCCCC1. The van der Waals surface area contributed by atoms with Crippen LogP contribution in [0.2, 0.25) is 0 Å². The number of para-hydroxylation sites is 1. The second-order valence-corrected chi connectivity index (χ2v) is 11.3. The van der Waals surface area contributed by atoms with E-state index in [0.29, 0.717) is 12.2 Å². The van der Waals surface area contributed by atoms with Crippen molar-refractivity contribution >= 4 is 17.6 Å². The van der Waals surface area contributed by atoms with Gasteiger partial charge < -0.3 is 20.9 Å².